The molecule has 0 saturated carbocycles. The summed E-state index contributed by atoms with van der Waals surface area (Å²) >= 11 is 0. The van der Waals surface area contributed by atoms with Gasteiger partial charge >= 0.3 is 0 Å². The minimum absolute atomic E-state index is 0.121. The Bertz CT molecular complexity index is 199. The van der Waals surface area contributed by atoms with Crippen molar-refractivity contribution in [3.8, 4) is 0 Å². The van der Waals surface area contributed by atoms with Gasteiger partial charge in [-0.15, -0.1) is 0 Å². The van der Waals surface area contributed by atoms with Crippen LogP contribution in [0.2, 0.25) is 0 Å². The molecule has 0 aliphatic rings. The van der Waals surface area contributed by atoms with Crippen molar-refractivity contribution in [3.05, 3.63) is 0 Å². The van der Waals surface area contributed by atoms with Crippen molar-refractivity contribution in [1.29, 1.82) is 0 Å². The van der Waals surface area contributed by atoms with Crippen molar-refractivity contribution in [2.24, 2.45) is 0 Å². The predicted molar refractivity (Wildman–Crippen MR) is 35.9 cm³/mol. The smallest absolute Gasteiger partial charge is 0.269 e. The summed E-state index contributed by atoms with van der Waals surface area (Å²) in [5.41, 5.74) is 0. The van der Waals surface area contributed by atoms with Crippen molar-refractivity contribution in [2.45, 2.75) is 18.6 Å². The van der Waals surface area contributed by atoms with Gasteiger partial charge in [0, 0.05) is 0 Å². The van der Waals surface area contributed by atoms with Gasteiger partial charge in [0.15, 0.2) is 0 Å². The lowest BCUT2D eigenvalue weighted by atomic mass is 10.3. The van der Waals surface area contributed by atoms with E-state index >= 15 is 0 Å². The zero-order chi connectivity index (χ0) is 9.07. The van der Waals surface area contributed by atoms with Crippen LogP contribution in [-0.4, -0.2) is 40.4 Å². The van der Waals surface area contributed by atoms with Crippen molar-refractivity contribution in [1.82, 2.24) is 5.23 Å². The molecule has 68 valence electrons. The zero-order valence-electron chi connectivity index (χ0n) is 6.01. The number of hydrogen-bond acceptors (Lipinski definition) is 5. The first-order chi connectivity index (χ1) is 4.88. The predicted octanol–water partition coefficient (Wildman–Crippen LogP) is -0.267. The highest BCUT2D eigenvalue weighted by molar-refractivity contribution is 7.86. The molecule has 7 heteroatoms. The van der Waals surface area contributed by atoms with Gasteiger partial charge in [-0.1, -0.05) is 12.2 Å². The van der Waals surface area contributed by atoms with E-state index in [0.29, 0.717) is 0 Å². The molecule has 0 aromatic heterocycles. The highest BCUT2D eigenvalue weighted by Gasteiger charge is 2.22. The standard InChI is InChI=1S/C4H11NO5S/c1-2-4(3-5(6)7)11(8,9)10/h4,6-7H,2-3H2,1H3,(H,8,9,10). The van der Waals surface area contributed by atoms with Crippen LogP contribution in [0, 0.1) is 0 Å². The summed E-state index contributed by atoms with van der Waals surface area (Å²) in [7, 11) is -4.17. The summed E-state index contributed by atoms with van der Waals surface area (Å²) in [5.74, 6) is 0. The molecule has 0 fully saturated rings. The first-order valence-corrected chi connectivity index (χ1v) is 4.49. The fourth-order valence-corrected chi connectivity index (χ4v) is 1.36. The van der Waals surface area contributed by atoms with E-state index < -0.39 is 21.9 Å². The number of nitrogens with zero attached hydrogens (tertiary/aromatic N) is 1. The second-order valence-electron chi connectivity index (χ2n) is 2.10. The Kier molecular flexibility index (Phi) is 3.90. The number of hydrogen-bond donors (Lipinski definition) is 3. The van der Waals surface area contributed by atoms with Crippen LogP contribution in [0.5, 0.6) is 0 Å². The van der Waals surface area contributed by atoms with Crippen LogP contribution in [0.4, 0.5) is 0 Å². The summed E-state index contributed by atoms with van der Waals surface area (Å²) in [4.78, 5) is 0. The first kappa shape index (κ1) is 10.8. The summed E-state index contributed by atoms with van der Waals surface area (Å²) in [6.45, 7) is 0.997. The van der Waals surface area contributed by atoms with Gasteiger partial charge in [0.2, 0.25) is 0 Å². The molecule has 0 bridgehead atoms. The van der Waals surface area contributed by atoms with E-state index in [1.165, 1.54) is 6.92 Å². The van der Waals surface area contributed by atoms with Crippen LogP contribution in [0.15, 0.2) is 0 Å². The monoisotopic (exact) mass is 185 g/mol. The van der Waals surface area contributed by atoms with E-state index in [1.807, 2.05) is 0 Å². The Morgan fingerprint density at radius 1 is 1.45 bits per heavy atom. The summed E-state index contributed by atoms with van der Waals surface area (Å²) in [5, 5.41) is 15.0. The molecule has 1 atom stereocenters. The Balaban J connectivity index is 4.20. The molecule has 11 heavy (non-hydrogen) atoms. The quantitative estimate of drug-likeness (QED) is 0.412. The molecule has 1 unspecified atom stereocenters. The molecule has 3 N–H and O–H groups in total. The van der Waals surface area contributed by atoms with Crippen LogP contribution in [0.1, 0.15) is 13.3 Å². The molecule has 0 amide bonds. The Hall–Kier alpha value is -0.210. The average molecular weight is 185 g/mol. The van der Waals surface area contributed by atoms with E-state index in [0.717, 1.165) is 0 Å². The van der Waals surface area contributed by atoms with Crippen LogP contribution >= 0.6 is 0 Å². The lowest BCUT2D eigenvalue weighted by Crippen LogP contribution is -2.32. The van der Waals surface area contributed by atoms with Gasteiger partial charge in [-0.2, -0.15) is 8.42 Å². The molecule has 0 saturated heterocycles. The molecule has 0 aromatic rings. The molecule has 0 aliphatic heterocycles. The van der Waals surface area contributed by atoms with Crippen LogP contribution < -0.4 is 0 Å². The zero-order valence-corrected chi connectivity index (χ0v) is 6.82. The van der Waals surface area contributed by atoms with E-state index in [2.05, 4.69) is 0 Å². The van der Waals surface area contributed by atoms with Gasteiger partial charge in [0.05, 0.1) is 6.54 Å². The van der Waals surface area contributed by atoms with Gasteiger partial charge in [-0.25, -0.2) is 0 Å². The molecule has 0 heterocycles. The maximum Gasteiger partial charge on any atom is 0.269 e. The summed E-state index contributed by atoms with van der Waals surface area (Å²) in [6.07, 6.45) is 0.121. The molecule has 6 nitrogen and oxygen atoms in total. The van der Waals surface area contributed by atoms with E-state index in [1.54, 1.807) is 0 Å². The van der Waals surface area contributed by atoms with Crippen molar-refractivity contribution < 1.29 is 23.4 Å². The molecule has 0 radical (unpaired) electrons. The van der Waals surface area contributed by atoms with Crippen molar-refractivity contribution in [2.75, 3.05) is 6.54 Å². The van der Waals surface area contributed by atoms with Gasteiger partial charge in [-0.05, 0) is 6.42 Å². The summed E-state index contributed by atoms with van der Waals surface area (Å²) < 4.78 is 29.3. The second-order valence-corrected chi connectivity index (χ2v) is 3.80. The molecule has 0 rings (SSSR count). The molecule has 0 spiro atoms. The lowest BCUT2D eigenvalue weighted by molar-refractivity contribution is -0.306. The van der Waals surface area contributed by atoms with Gasteiger partial charge in [0.1, 0.15) is 5.25 Å². The Morgan fingerprint density at radius 3 is 2.00 bits per heavy atom. The van der Waals surface area contributed by atoms with Gasteiger partial charge < -0.3 is 0 Å². The number of hydroxylamine groups is 2. The Labute approximate surface area is 64.7 Å². The second kappa shape index (κ2) is 3.98. The molecule has 0 aromatic carbocycles. The third kappa shape index (κ3) is 4.27. The minimum Gasteiger partial charge on any atom is -0.290 e. The normalized spacial score (nSPS) is 15.4. The van der Waals surface area contributed by atoms with Crippen molar-refractivity contribution in [3.63, 3.8) is 0 Å². The largest absolute Gasteiger partial charge is 0.290 e. The maximum atomic E-state index is 10.4. The maximum absolute atomic E-state index is 10.4. The minimum atomic E-state index is -4.17. The van der Waals surface area contributed by atoms with Gasteiger partial charge in [0.25, 0.3) is 10.1 Å². The molecular weight excluding hydrogens is 174 g/mol. The first-order valence-electron chi connectivity index (χ1n) is 2.99. The molecular formula is C4H11NO5S. The Morgan fingerprint density at radius 2 is 1.91 bits per heavy atom. The van der Waals surface area contributed by atoms with E-state index in [4.69, 9.17) is 15.0 Å². The van der Waals surface area contributed by atoms with Crippen LogP contribution in [0.3, 0.4) is 0 Å². The van der Waals surface area contributed by atoms with Crippen LogP contribution in [-0.2, 0) is 10.1 Å². The van der Waals surface area contributed by atoms with E-state index in [-0.39, 0.29) is 11.6 Å². The SMILES string of the molecule is CCC(CN(O)O)S(=O)(=O)O. The number of rotatable bonds is 4. The fourth-order valence-electron chi connectivity index (χ4n) is 0.616. The van der Waals surface area contributed by atoms with E-state index in [9.17, 15) is 8.42 Å². The molecule has 0 aliphatic carbocycles. The highest BCUT2D eigenvalue weighted by atomic mass is 32.2. The fraction of sp³-hybridized carbons (Fsp3) is 1.00. The average Bonchev–Trinajstić information content (AvgIpc) is 1.79. The highest BCUT2D eigenvalue weighted by Crippen LogP contribution is 2.03. The summed E-state index contributed by atoms with van der Waals surface area (Å²) in [6, 6.07) is 0. The third-order valence-electron chi connectivity index (χ3n) is 1.24. The van der Waals surface area contributed by atoms with Crippen LogP contribution in [0.25, 0.3) is 0 Å². The van der Waals surface area contributed by atoms with Crippen molar-refractivity contribution >= 4 is 10.1 Å². The topological polar surface area (TPSA) is 98.1 Å². The third-order valence-corrected chi connectivity index (χ3v) is 2.57. The van der Waals surface area contributed by atoms with Gasteiger partial charge in [-0.3, -0.25) is 15.0 Å². The lowest BCUT2D eigenvalue weighted by Gasteiger charge is -2.13.